The number of halogens is 1. The second-order valence-corrected chi connectivity index (χ2v) is 11.1. The van der Waals surface area contributed by atoms with Crippen molar-refractivity contribution < 1.29 is 14.6 Å². The van der Waals surface area contributed by atoms with E-state index in [-0.39, 0.29) is 13.2 Å². The lowest BCUT2D eigenvalue weighted by Gasteiger charge is -2.38. The summed E-state index contributed by atoms with van der Waals surface area (Å²) in [5.41, 5.74) is 3.17. The first-order valence-corrected chi connectivity index (χ1v) is 14.0. The number of hydrogen-bond donors (Lipinski definition) is 1. The Bertz CT molecular complexity index is 1450. The quantitative estimate of drug-likeness (QED) is 0.177. The Kier molecular flexibility index (Phi) is 8.39. The summed E-state index contributed by atoms with van der Waals surface area (Å²) in [6.07, 6.45) is -0.547. The Labute approximate surface area is 242 Å². The molecule has 0 amide bonds. The lowest BCUT2D eigenvalue weighted by Crippen LogP contribution is -2.37. The SMILES string of the molecule is Cc1cc2ccccc2c(Cl)c1[C@@H](COC(c1ccccc1)(c1ccccc1)c1ccccc1)OC(C)(C)CO. The molecule has 40 heavy (non-hydrogen) atoms. The Morgan fingerprint density at radius 2 is 1.20 bits per heavy atom. The zero-order valence-electron chi connectivity index (χ0n) is 23.2. The molecule has 3 nitrogen and oxygen atoms in total. The molecule has 0 spiro atoms. The standard InChI is InChI=1S/C36H35ClO3/c1-26-23-27-15-13-14-22-31(27)34(37)33(26)32(40-35(2,3)25-38)24-39-36(28-16-7-4-8-17-28,29-18-9-5-10-19-29)30-20-11-6-12-21-30/h4-23,32,38H,24-25H2,1-3H3/t32-/m1/s1. The molecule has 0 aliphatic heterocycles. The fraction of sp³-hybridized carbons (Fsp3) is 0.222. The molecule has 1 atom stereocenters. The molecule has 5 rings (SSSR count). The first kappa shape index (κ1) is 28.1. The molecule has 0 aliphatic carbocycles. The minimum atomic E-state index is -0.911. The molecule has 0 heterocycles. The van der Waals surface area contributed by atoms with Crippen LogP contribution in [-0.2, 0) is 15.1 Å². The molecule has 4 heteroatoms. The number of rotatable bonds is 10. The van der Waals surface area contributed by atoms with Gasteiger partial charge in [0.2, 0.25) is 0 Å². The highest BCUT2D eigenvalue weighted by molar-refractivity contribution is 6.36. The van der Waals surface area contributed by atoms with Gasteiger partial charge in [0.1, 0.15) is 11.7 Å². The summed E-state index contributed by atoms with van der Waals surface area (Å²) in [6.45, 7) is 5.86. The summed E-state index contributed by atoms with van der Waals surface area (Å²) in [6, 6.07) is 41.1. The molecule has 0 radical (unpaired) electrons. The molecular weight excluding hydrogens is 516 g/mol. The van der Waals surface area contributed by atoms with E-state index in [1.807, 2.05) is 86.6 Å². The predicted octanol–water partition coefficient (Wildman–Crippen LogP) is 8.64. The van der Waals surface area contributed by atoms with E-state index in [0.29, 0.717) is 5.02 Å². The molecule has 0 saturated heterocycles. The highest BCUT2D eigenvalue weighted by Gasteiger charge is 2.39. The van der Waals surface area contributed by atoms with Crippen LogP contribution in [0.15, 0.2) is 121 Å². The van der Waals surface area contributed by atoms with E-state index in [2.05, 4.69) is 55.5 Å². The first-order chi connectivity index (χ1) is 19.4. The normalized spacial score (nSPS) is 12.9. The van der Waals surface area contributed by atoms with Gasteiger partial charge in [0.15, 0.2) is 0 Å². The molecule has 0 saturated carbocycles. The summed E-state index contributed by atoms with van der Waals surface area (Å²) in [7, 11) is 0. The van der Waals surface area contributed by atoms with Crippen LogP contribution in [0.1, 0.15) is 47.8 Å². The van der Waals surface area contributed by atoms with Gasteiger partial charge in [-0.2, -0.15) is 0 Å². The lowest BCUT2D eigenvalue weighted by molar-refractivity contribution is -0.139. The van der Waals surface area contributed by atoms with E-state index in [9.17, 15) is 5.11 Å². The fourth-order valence-electron chi connectivity index (χ4n) is 5.42. The van der Waals surface area contributed by atoms with Crippen LogP contribution in [0.3, 0.4) is 0 Å². The first-order valence-electron chi connectivity index (χ1n) is 13.6. The highest BCUT2D eigenvalue weighted by Crippen LogP contribution is 2.43. The Morgan fingerprint density at radius 3 is 1.70 bits per heavy atom. The van der Waals surface area contributed by atoms with Gasteiger partial charge in [-0.15, -0.1) is 0 Å². The van der Waals surface area contributed by atoms with Crippen LogP contribution >= 0.6 is 11.6 Å². The van der Waals surface area contributed by atoms with Crippen molar-refractivity contribution in [2.45, 2.75) is 38.1 Å². The number of aliphatic hydroxyl groups is 1. The van der Waals surface area contributed by atoms with E-state index in [1.165, 1.54) is 0 Å². The van der Waals surface area contributed by atoms with Crippen LogP contribution < -0.4 is 0 Å². The minimum absolute atomic E-state index is 0.144. The molecule has 0 aromatic heterocycles. The monoisotopic (exact) mass is 550 g/mol. The van der Waals surface area contributed by atoms with Crippen LogP contribution in [0.25, 0.3) is 10.8 Å². The maximum atomic E-state index is 10.2. The van der Waals surface area contributed by atoms with Crippen molar-refractivity contribution in [1.29, 1.82) is 0 Å². The third-order valence-electron chi connectivity index (χ3n) is 7.39. The maximum absolute atomic E-state index is 10.2. The lowest BCUT2D eigenvalue weighted by atomic mass is 9.80. The molecule has 5 aromatic carbocycles. The van der Waals surface area contributed by atoms with E-state index < -0.39 is 17.3 Å². The Hall–Kier alpha value is -3.47. The number of aryl methyl sites for hydroxylation is 1. The van der Waals surface area contributed by atoms with Crippen molar-refractivity contribution in [1.82, 2.24) is 0 Å². The summed E-state index contributed by atoms with van der Waals surface area (Å²) in [4.78, 5) is 0. The number of benzene rings is 5. The largest absolute Gasteiger partial charge is 0.393 e. The number of aliphatic hydroxyl groups excluding tert-OH is 1. The van der Waals surface area contributed by atoms with Crippen molar-refractivity contribution >= 4 is 22.4 Å². The van der Waals surface area contributed by atoms with Gasteiger partial charge in [-0.3, -0.25) is 0 Å². The van der Waals surface area contributed by atoms with Crippen molar-refractivity contribution in [3.63, 3.8) is 0 Å². The van der Waals surface area contributed by atoms with Gasteiger partial charge in [-0.1, -0.05) is 133 Å². The summed E-state index contributed by atoms with van der Waals surface area (Å²) in [5.74, 6) is 0. The molecule has 0 unspecified atom stereocenters. The van der Waals surface area contributed by atoms with Crippen molar-refractivity contribution in [3.8, 4) is 0 Å². The number of hydrogen-bond acceptors (Lipinski definition) is 3. The van der Waals surface area contributed by atoms with Gasteiger partial charge in [0.05, 0.1) is 23.8 Å². The van der Waals surface area contributed by atoms with E-state index >= 15 is 0 Å². The van der Waals surface area contributed by atoms with E-state index in [1.54, 1.807) is 0 Å². The Balaban J connectivity index is 1.68. The highest BCUT2D eigenvalue weighted by atomic mass is 35.5. The Morgan fingerprint density at radius 1 is 0.725 bits per heavy atom. The van der Waals surface area contributed by atoms with Gasteiger partial charge in [-0.25, -0.2) is 0 Å². The summed E-state index contributed by atoms with van der Waals surface area (Å²) < 4.78 is 13.8. The zero-order chi connectivity index (χ0) is 28.2. The summed E-state index contributed by atoms with van der Waals surface area (Å²) >= 11 is 7.12. The molecule has 0 aliphatic rings. The number of ether oxygens (including phenoxy) is 2. The average molecular weight is 551 g/mol. The maximum Gasteiger partial charge on any atom is 0.143 e. The van der Waals surface area contributed by atoms with Crippen LogP contribution in [0.2, 0.25) is 5.02 Å². The van der Waals surface area contributed by atoms with Gasteiger partial charge in [-0.05, 0) is 48.4 Å². The molecule has 0 fully saturated rings. The third-order valence-corrected chi connectivity index (χ3v) is 7.79. The molecule has 204 valence electrons. The summed E-state index contributed by atoms with van der Waals surface area (Å²) in [5, 5.41) is 12.8. The minimum Gasteiger partial charge on any atom is -0.393 e. The van der Waals surface area contributed by atoms with Crippen molar-refractivity contribution in [3.05, 3.63) is 154 Å². The predicted molar refractivity (Wildman–Crippen MR) is 164 cm³/mol. The topological polar surface area (TPSA) is 38.7 Å². The molecule has 1 N–H and O–H groups in total. The molecule has 5 aromatic rings. The van der Waals surface area contributed by atoms with Crippen molar-refractivity contribution in [2.75, 3.05) is 13.2 Å². The molecule has 0 bridgehead atoms. The smallest absolute Gasteiger partial charge is 0.143 e. The van der Waals surface area contributed by atoms with Gasteiger partial charge in [0.25, 0.3) is 0 Å². The van der Waals surface area contributed by atoms with Gasteiger partial charge in [0, 0.05) is 10.9 Å². The van der Waals surface area contributed by atoms with E-state index in [4.69, 9.17) is 21.1 Å². The van der Waals surface area contributed by atoms with E-state index in [0.717, 1.165) is 38.6 Å². The van der Waals surface area contributed by atoms with Crippen LogP contribution in [0, 0.1) is 6.92 Å². The second kappa shape index (κ2) is 12.0. The van der Waals surface area contributed by atoms with Crippen LogP contribution in [0.5, 0.6) is 0 Å². The number of fused-ring (bicyclic) bond motifs is 1. The zero-order valence-corrected chi connectivity index (χ0v) is 23.9. The fourth-order valence-corrected chi connectivity index (χ4v) is 5.86. The van der Waals surface area contributed by atoms with Gasteiger partial charge >= 0.3 is 0 Å². The van der Waals surface area contributed by atoms with Crippen molar-refractivity contribution in [2.24, 2.45) is 0 Å². The third kappa shape index (κ3) is 5.56. The van der Waals surface area contributed by atoms with Crippen LogP contribution in [0.4, 0.5) is 0 Å². The van der Waals surface area contributed by atoms with Crippen LogP contribution in [-0.4, -0.2) is 23.9 Å². The van der Waals surface area contributed by atoms with Gasteiger partial charge < -0.3 is 14.6 Å². The average Bonchev–Trinajstić information content (AvgIpc) is 2.99. The molecular formula is C36H35ClO3. The second-order valence-electron chi connectivity index (χ2n) is 10.8.